The summed E-state index contributed by atoms with van der Waals surface area (Å²) in [5.41, 5.74) is 0. The smallest absolute Gasteiger partial charge is 0.306 e. The summed E-state index contributed by atoms with van der Waals surface area (Å²) in [6.45, 7) is 6.26. The summed E-state index contributed by atoms with van der Waals surface area (Å²) in [5.74, 6) is -0.560. The summed E-state index contributed by atoms with van der Waals surface area (Å²) in [4.78, 5) is 26.2. The first kappa shape index (κ1) is 62.5. The van der Waals surface area contributed by atoms with Crippen molar-refractivity contribution in [2.45, 2.75) is 251 Å². The molecule has 0 spiro atoms. The van der Waals surface area contributed by atoms with Gasteiger partial charge in [-0.2, -0.15) is 0 Å². The molecule has 1 amide bonds. The van der Waals surface area contributed by atoms with E-state index in [4.69, 9.17) is 4.74 Å². The van der Waals surface area contributed by atoms with E-state index < -0.39 is 18.2 Å². The third kappa shape index (κ3) is 47.0. The van der Waals surface area contributed by atoms with Crippen LogP contribution in [0.4, 0.5) is 0 Å². The van der Waals surface area contributed by atoms with Gasteiger partial charge in [0.25, 0.3) is 0 Å². The van der Waals surface area contributed by atoms with Gasteiger partial charge in [0.1, 0.15) is 6.10 Å². The lowest BCUT2D eigenvalue weighted by atomic mass is 10.0. The Labute approximate surface area is 407 Å². The highest BCUT2D eigenvalue weighted by molar-refractivity contribution is 5.77. The van der Waals surface area contributed by atoms with Crippen LogP contribution < -0.4 is 5.32 Å². The van der Waals surface area contributed by atoms with E-state index in [-0.39, 0.29) is 24.9 Å². The molecule has 0 saturated heterocycles. The van der Waals surface area contributed by atoms with E-state index >= 15 is 0 Å². The number of rotatable bonds is 47. The lowest BCUT2D eigenvalue weighted by molar-refractivity contribution is -0.151. The highest BCUT2D eigenvalue weighted by Crippen LogP contribution is 2.17. The number of esters is 1. The molecule has 0 aliphatic rings. The molecule has 0 radical (unpaired) electrons. The molecule has 6 nitrogen and oxygen atoms in total. The fraction of sp³-hybridized carbons (Fsp3) is 0.667. The molecule has 66 heavy (non-hydrogen) atoms. The maximum atomic E-state index is 13.2. The number of carbonyl (C=O) groups excluding carboxylic acids is 2. The van der Waals surface area contributed by atoms with Gasteiger partial charge >= 0.3 is 5.97 Å². The summed E-state index contributed by atoms with van der Waals surface area (Å²) in [6, 6.07) is -0.730. The number of unbranched alkanes of at least 4 members (excludes halogenated alkanes) is 21. The van der Waals surface area contributed by atoms with E-state index in [0.717, 1.165) is 109 Å². The minimum Gasteiger partial charge on any atom is -0.462 e. The number of hydrogen-bond donors (Lipinski definition) is 3. The van der Waals surface area contributed by atoms with Gasteiger partial charge in [0.15, 0.2) is 0 Å². The van der Waals surface area contributed by atoms with E-state index in [2.05, 4.69) is 99.0 Å². The van der Waals surface area contributed by atoms with E-state index in [1.165, 1.54) is 77.0 Å². The largest absolute Gasteiger partial charge is 0.462 e. The number of ether oxygens (including phenoxy) is 1. The molecule has 0 aliphatic carbocycles. The summed E-state index contributed by atoms with van der Waals surface area (Å²) < 4.78 is 5.91. The number of nitrogens with one attached hydrogen (secondary N) is 1. The molecule has 0 heterocycles. The molecule has 0 bridgehead atoms. The normalized spacial score (nSPS) is 14.1. The number of carbonyl (C=O) groups is 2. The first-order chi connectivity index (χ1) is 32.5. The van der Waals surface area contributed by atoms with Crippen molar-refractivity contribution in [2.75, 3.05) is 6.61 Å². The van der Waals surface area contributed by atoms with Crippen molar-refractivity contribution in [3.63, 3.8) is 0 Å². The predicted molar refractivity (Wildman–Crippen MR) is 287 cm³/mol. The molecule has 376 valence electrons. The van der Waals surface area contributed by atoms with Gasteiger partial charge in [-0.1, -0.05) is 246 Å². The molecule has 6 heteroatoms. The zero-order valence-electron chi connectivity index (χ0n) is 42.8. The van der Waals surface area contributed by atoms with Crippen LogP contribution in [0.1, 0.15) is 233 Å². The number of aliphatic hydroxyl groups is 2. The molecule has 3 unspecified atom stereocenters. The molecule has 3 atom stereocenters. The fourth-order valence-electron chi connectivity index (χ4n) is 7.63. The average molecular weight is 916 g/mol. The summed E-state index contributed by atoms with van der Waals surface area (Å²) in [7, 11) is 0. The topological polar surface area (TPSA) is 95.9 Å². The number of hydrogen-bond acceptors (Lipinski definition) is 5. The second-order valence-corrected chi connectivity index (χ2v) is 18.0. The molecule has 0 saturated carbocycles. The minimum atomic E-state index is -0.813. The Morgan fingerprint density at radius 1 is 0.470 bits per heavy atom. The Morgan fingerprint density at radius 2 is 0.909 bits per heavy atom. The molecule has 0 aromatic rings. The first-order valence-corrected chi connectivity index (χ1v) is 27.2. The van der Waals surface area contributed by atoms with E-state index in [0.29, 0.717) is 19.3 Å². The fourth-order valence-corrected chi connectivity index (χ4v) is 7.63. The Hall–Kier alpha value is -3.48. The van der Waals surface area contributed by atoms with E-state index in [1.807, 2.05) is 36.5 Å². The van der Waals surface area contributed by atoms with Gasteiger partial charge < -0.3 is 20.3 Å². The van der Waals surface area contributed by atoms with Crippen molar-refractivity contribution < 1.29 is 24.5 Å². The number of aliphatic hydroxyl groups excluding tert-OH is 2. The van der Waals surface area contributed by atoms with Crippen LogP contribution in [0.5, 0.6) is 0 Å². The Bertz CT molecular complexity index is 1350. The molecule has 3 N–H and O–H groups in total. The van der Waals surface area contributed by atoms with Gasteiger partial charge in [-0.25, -0.2) is 0 Å². The van der Waals surface area contributed by atoms with Gasteiger partial charge in [0.05, 0.1) is 25.2 Å². The molecule has 0 aromatic carbocycles. The third-order valence-corrected chi connectivity index (χ3v) is 11.7. The number of amides is 1. The zero-order valence-corrected chi connectivity index (χ0v) is 42.8. The van der Waals surface area contributed by atoms with E-state index in [1.54, 1.807) is 0 Å². The molecule has 0 fully saturated rings. The molecular weight excluding hydrogens is 815 g/mol. The quantitative estimate of drug-likeness (QED) is 0.0245. The standard InChI is InChI=1S/C60H101NO5/c1-4-7-10-13-16-19-22-25-28-31-33-36-39-42-45-48-51-56(66-60(65)53-50-47-44-41-38-35-32-29-26-23-20-17-14-11-8-5-2)54-59(64)61-57(55-62)58(63)52-49-46-43-40-37-34-30-27-24-21-18-15-12-9-6-3/h8,10-11,13,16-17,19-20,22,25-26,28-29,31,33,35-36,38,56-58,62-63H,4-7,9,12,14-15,18,21,23-24,27,30,32,34,37,39-55H2,1-3H3,(H,61,64)/b11-8+,13-10+,19-16+,20-17+,25-22+,29-26+,31-28+,36-33+,38-35+. The van der Waals surface area contributed by atoms with Gasteiger partial charge in [0, 0.05) is 6.42 Å². The highest BCUT2D eigenvalue weighted by Gasteiger charge is 2.24. The second kappa shape index (κ2) is 52.5. The van der Waals surface area contributed by atoms with Crippen LogP contribution in [-0.2, 0) is 14.3 Å². The zero-order chi connectivity index (χ0) is 48.1. The molecular formula is C60H101NO5. The Kier molecular flexibility index (Phi) is 49.7. The first-order valence-electron chi connectivity index (χ1n) is 27.2. The molecule has 0 aliphatic heterocycles. The maximum Gasteiger partial charge on any atom is 0.306 e. The Balaban J connectivity index is 4.74. The van der Waals surface area contributed by atoms with Crippen molar-refractivity contribution in [3.05, 3.63) is 109 Å². The second-order valence-electron chi connectivity index (χ2n) is 18.0. The average Bonchev–Trinajstić information content (AvgIpc) is 3.31. The van der Waals surface area contributed by atoms with Crippen molar-refractivity contribution in [1.82, 2.24) is 5.32 Å². The van der Waals surface area contributed by atoms with E-state index in [9.17, 15) is 19.8 Å². The summed E-state index contributed by atoms with van der Waals surface area (Å²) in [5, 5.41) is 23.8. The van der Waals surface area contributed by atoms with Crippen molar-refractivity contribution in [3.8, 4) is 0 Å². The molecule has 0 aromatic heterocycles. The van der Waals surface area contributed by atoms with Crippen LogP contribution in [0.25, 0.3) is 0 Å². The minimum absolute atomic E-state index is 0.0299. The van der Waals surface area contributed by atoms with Crippen LogP contribution in [0.3, 0.4) is 0 Å². The predicted octanol–water partition coefficient (Wildman–Crippen LogP) is 16.7. The third-order valence-electron chi connectivity index (χ3n) is 11.7. The Morgan fingerprint density at radius 3 is 1.44 bits per heavy atom. The van der Waals surface area contributed by atoms with Crippen LogP contribution in [0, 0.1) is 0 Å². The summed E-state index contributed by atoms with van der Waals surface area (Å²) in [6.07, 6.45) is 71.4. The SMILES string of the molecule is CC/C=C/C/C=C/C/C=C/C/C=C/CCCCCC(=O)OC(CCCCC/C=C/C=C/C=C/C=C/C=C/CCC)CC(=O)NC(CO)C(O)CCCCCCCCCCCCCCCCC. The van der Waals surface area contributed by atoms with Gasteiger partial charge in [-0.3, -0.25) is 9.59 Å². The van der Waals surface area contributed by atoms with Crippen LogP contribution >= 0.6 is 0 Å². The van der Waals surface area contributed by atoms with Crippen LogP contribution in [0.15, 0.2) is 109 Å². The van der Waals surface area contributed by atoms with Gasteiger partial charge in [-0.05, 0) is 83.5 Å². The van der Waals surface area contributed by atoms with Crippen molar-refractivity contribution in [2.24, 2.45) is 0 Å². The van der Waals surface area contributed by atoms with Gasteiger partial charge in [-0.15, -0.1) is 0 Å². The lowest BCUT2D eigenvalue weighted by Gasteiger charge is -2.24. The van der Waals surface area contributed by atoms with Crippen molar-refractivity contribution >= 4 is 11.9 Å². The van der Waals surface area contributed by atoms with Crippen molar-refractivity contribution in [1.29, 1.82) is 0 Å². The molecule has 0 rings (SSSR count). The summed E-state index contributed by atoms with van der Waals surface area (Å²) >= 11 is 0. The maximum absolute atomic E-state index is 13.2. The number of allylic oxidation sites excluding steroid dienone is 18. The monoisotopic (exact) mass is 916 g/mol. The van der Waals surface area contributed by atoms with Crippen LogP contribution in [-0.4, -0.2) is 46.9 Å². The van der Waals surface area contributed by atoms with Gasteiger partial charge in [0.2, 0.25) is 5.91 Å². The van der Waals surface area contributed by atoms with Crippen LogP contribution in [0.2, 0.25) is 0 Å². The lowest BCUT2D eigenvalue weighted by Crippen LogP contribution is -2.46. The highest BCUT2D eigenvalue weighted by atomic mass is 16.5.